The molecular weight excluding hydrogens is 542 g/mol. The molecule has 2 atom stereocenters. The van der Waals surface area contributed by atoms with Gasteiger partial charge in [0.1, 0.15) is 0 Å². The summed E-state index contributed by atoms with van der Waals surface area (Å²) in [5.41, 5.74) is 5.09. The van der Waals surface area contributed by atoms with E-state index in [2.05, 4.69) is 15.3 Å². The van der Waals surface area contributed by atoms with E-state index in [1.165, 1.54) is 13.1 Å². The Bertz CT molecular complexity index is 1700. The van der Waals surface area contributed by atoms with Crippen LogP contribution >= 0.6 is 11.6 Å². The molecular formula is C31H30ClN5O4. The number of anilines is 2. The molecule has 1 aliphatic rings. The maximum absolute atomic E-state index is 13.5. The van der Waals surface area contributed by atoms with Gasteiger partial charge in [-0.2, -0.15) is 0 Å². The number of rotatable bonds is 3. The minimum Gasteiger partial charge on any atom is -0.465 e. The molecule has 5 rings (SSSR count). The summed E-state index contributed by atoms with van der Waals surface area (Å²) >= 11 is 6.30. The first-order valence-electron chi connectivity index (χ1n) is 13.4. The molecule has 2 aromatic carbocycles. The van der Waals surface area contributed by atoms with Crippen molar-refractivity contribution in [1.82, 2.24) is 14.5 Å². The summed E-state index contributed by atoms with van der Waals surface area (Å²) in [5, 5.41) is 13.1. The molecule has 41 heavy (non-hydrogen) atoms. The van der Waals surface area contributed by atoms with Crippen LogP contribution in [0, 0.1) is 12.8 Å². The Hall–Kier alpha value is -4.50. The number of amides is 2. The third-order valence-corrected chi connectivity index (χ3v) is 8.06. The van der Waals surface area contributed by atoms with E-state index in [9.17, 15) is 19.5 Å². The highest BCUT2D eigenvalue weighted by Gasteiger charge is 2.23. The van der Waals surface area contributed by atoms with Gasteiger partial charge in [0.2, 0.25) is 5.91 Å². The SMILES string of the molecule is Cc1c(Cl)cccc1-c1cc(=O)n([C@H]2CCC[C@@H](C)C(=O)Nc3cc(N(C)C(=O)O)ccc3-c3ccnc2c3)cn1. The van der Waals surface area contributed by atoms with Crippen LogP contribution in [-0.2, 0) is 4.79 Å². The van der Waals surface area contributed by atoms with Gasteiger partial charge in [-0.3, -0.25) is 24.0 Å². The van der Waals surface area contributed by atoms with E-state index in [1.807, 2.05) is 38.1 Å². The highest BCUT2D eigenvalue weighted by Crippen LogP contribution is 2.35. The molecule has 0 aliphatic carbocycles. The largest absolute Gasteiger partial charge is 0.465 e. The number of fused-ring (bicyclic) bond motifs is 4. The Labute approximate surface area is 242 Å². The fourth-order valence-electron chi connectivity index (χ4n) is 5.11. The third-order valence-electron chi connectivity index (χ3n) is 7.65. The Morgan fingerprint density at radius 3 is 2.63 bits per heavy atom. The molecule has 0 unspecified atom stereocenters. The van der Waals surface area contributed by atoms with Gasteiger partial charge in [-0.05, 0) is 61.2 Å². The molecule has 3 heterocycles. The Morgan fingerprint density at radius 2 is 1.88 bits per heavy atom. The summed E-state index contributed by atoms with van der Waals surface area (Å²) in [7, 11) is 1.45. The number of benzene rings is 2. The Balaban J connectivity index is 1.60. The van der Waals surface area contributed by atoms with Crippen molar-refractivity contribution in [2.45, 2.75) is 39.2 Å². The quantitative estimate of drug-likeness (QED) is 0.294. The van der Waals surface area contributed by atoms with Crippen LogP contribution in [0.25, 0.3) is 22.4 Å². The predicted octanol–water partition coefficient (Wildman–Crippen LogP) is 6.40. The molecule has 4 aromatic rings. The van der Waals surface area contributed by atoms with Crippen LogP contribution in [0.2, 0.25) is 5.02 Å². The molecule has 210 valence electrons. The van der Waals surface area contributed by atoms with E-state index in [0.717, 1.165) is 21.6 Å². The molecule has 0 spiro atoms. The number of nitrogens with one attached hydrogen (secondary N) is 1. The van der Waals surface area contributed by atoms with Crippen LogP contribution < -0.4 is 15.8 Å². The summed E-state index contributed by atoms with van der Waals surface area (Å²) in [5.74, 6) is -0.467. The summed E-state index contributed by atoms with van der Waals surface area (Å²) < 4.78 is 1.60. The lowest BCUT2D eigenvalue weighted by Gasteiger charge is -2.23. The van der Waals surface area contributed by atoms with Crippen molar-refractivity contribution in [1.29, 1.82) is 0 Å². The second-order valence-corrected chi connectivity index (χ2v) is 10.7. The van der Waals surface area contributed by atoms with Gasteiger partial charge in [-0.15, -0.1) is 0 Å². The molecule has 9 nitrogen and oxygen atoms in total. The van der Waals surface area contributed by atoms with E-state index in [4.69, 9.17) is 11.6 Å². The third kappa shape index (κ3) is 5.71. The van der Waals surface area contributed by atoms with E-state index in [0.29, 0.717) is 52.6 Å². The number of carbonyl (C=O) groups is 2. The Morgan fingerprint density at radius 1 is 1.07 bits per heavy atom. The predicted molar refractivity (Wildman–Crippen MR) is 160 cm³/mol. The fourth-order valence-corrected chi connectivity index (χ4v) is 5.29. The number of aromatic nitrogens is 3. The average Bonchev–Trinajstić information content (AvgIpc) is 2.96. The second kappa shape index (κ2) is 11.5. The first-order valence-corrected chi connectivity index (χ1v) is 13.7. The van der Waals surface area contributed by atoms with E-state index in [-0.39, 0.29) is 17.4 Å². The van der Waals surface area contributed by atoms with Crippen LogP contribution in [-0.4, -0.2) is 38.7 Å². The topological polar surface area (TPSA) is 117 Å². The summed E-state index contributed by atoms with van der Waals surface area (Å²) in [6.45, 7) is 3.75. The van der Waals surface area contributed by atoms with Crippen molar-refractivity contribution in [3.05, 3.63) is 93.8 Å². The number of hydrogen-bond acceptors (Lipinski definition) is 5. The monoisotopic (exact) mass is 571 g/mol. The van der Waals surface area contributed by atoms with Gasteiger partial charge >= 0.3 is 6.09 Å². The number of hydrogen-bond donors (Lipinski definition) is 2. The fraction of sp³-hybridized carbons (Fsp3) is 0.258. The molecule has 1 aliphatic heterocycles. The van der Waals surface area contributed by atoms with Gasteiger partial charge in [-0.1, -0.05) is 43.1 Å². The van der Waals surface area contributed by atoms with Gasteiger partial charge in [0.05, 0.1) is 29.4 Å². The van der Waals surface area contributed by atoms with Crippen LogP contribution in [0.1, 0.15) is 43.5 Å². The van der Waals surface area contributed by atoms with Crippen molar-refractivity contribution < 1.29 is 14.7 Å². The van der Waals surface area contributed by atoms with Crippen molar-refractivity contribution in [3.63, 3.8) is 0 Å². The molecule has 0 saturated carbocycles. The average molecular weight is 572 g/mol. The molecule has 10 heteroatoms. The van der Waals surface area contributed by atoms with Gasteiger partial charge in [0.25, 0.3) is 5.56 Å². The van der Waals surface area contributed by atoms with Gasteiger partial charge in [0, 0.05) is 47.1 Å². The molecule has 2 bridgehead atoms. The first kappa shape index (κ1) is 28.0. The smallest absolute Gasteiger partial charge is 0.411 e. The molecule has 0 fully saturated rings. The summed E-state index contributed by atoms with van der Waals surface area (Å²) in [6, 6.07) is 15.5. The van der Waals surface area contributed by atoms with Gasteiger partial charge in [0.15, 0.2) is 0 Å². The maximum atomic E-state index is 13.5. The number of nitrogens with zero attached hydrogens (tertiary/aromatic N) is 4. The number of carboxylic acid groups (broad SMARTS) is 1. The van der Waals surface area contributed by atoms with Crippen LogP contribution in [0.15, 0.2) is 71.9 Å². The highest BCUT2D eigenvalue weighted by molar-refractivity contribution is 6.31. The van der Waals surface area contributed by atoms with Crippen LogP contribution in [0.4, 0.5) is 16.2 Å². The van der Waals surface area contributed by atoms with E-state index < -0.39 is 12.1 Å². The lowest BCUT2D eigenvalue weighted by atomic mass is 9.95. The van der Waals surface area contributed by atoms with E-state index >= 15 is 0 Å². The highest BCUT2D eigenvalue weighted by atomic mass is 35.5. The first-order chi connectivity index (χ1) is 19.6. The molecule has 2 amide bonds. The zero-order valence-electron chi connectivity index (χ0n) is 23.0. The maximum Gasteiger partial charge on any atom is 0.411 e. The molecule has 0 radical (unpaired) electrons. The molecule has 2 aromatic heterocycles. The second-order valence-electron chi connectivity index (χ2n) is 10.3. The molecule has 0 saturated heterocycles. The number of halogens is 1. The minimum absolute atomic E-state index is 0.159. The van der Waals surface area contributed by atoms with Gasteiger partial charge in [-0.25, -0.2) is 9.78 Å². The van der Waals surface area contributed by atoms with Crippen molar-refractivity contribution in [2.75, 3.05) is 17.3 Å². The van der Waals surface area contributed by atoms with Crippen molar-refractivity contribution in [2.24, 2.45) is 5.92 Å². The zero-order valence-corrected chi connectivity index (χ0v) is 23.7. The lowest BCUT2D eigenvalue weighted by molar-refractivity contribution is -0.119. The lowest BCUT2D eigenvalue weighted by Crippen LogP contribution is -2.27. The minimum atomic E-state index is -1.11. The number of carbonyl (C=O) groups excluding carboxylic acids is 1. The van der Waals surface area contributed by atoms with Crippen molar-refractivity contribution >= 4 is 35.0 Å². The Kier molecular flexibility index (Phi) is 7.90. The van der Waals surface area contributed by atoms with E-state index in [1.54, 1.807) is 41.4 Å². The summed E-state index contributed by atoms with van der Waals surface area (Å²) in [4.78, 5) is 48.5. The zero-order chi connectivity index (χ0) is 29.3. The van der Waals surface area contributed by atoms with Crippen LogP contribution in [0.5, 0.6) is 0 Å². The normalized spacial score (nSPS) is 17.0. The van der Waals surface area contributed by atoms with Crippen LogP contribution in [0.3, 0.4) is 0 Å². The number of pyridine rings is 1. The summed E-state index contributed by atoms with van der Waals surface area (Å²) in [6.07, 6.45) is 3.97. The van der Waals surface area contributed by atoms with Gasteiger partial charge < -0.3 is 10.4 Å². The standard InChI is InChI=1S/C31H30ClN5O4/c1-18-6-4-9-28(37-17-34-25(16-29(37)38)22-7-5-8-24(32)19(22)2)27-14-20(12-13-33-27)23-11-10-21(36(3)31(40)41)15-26(23)35-30(18)39/h5,7-8,10-18,28H,4,6,9H2,1-3H3,(H,35,39)(H,40,41)/t18-,28+/m1/s1. The molecule has 2 N–H and O–H groups in total. The van der Waals surface area contributed by atoms with Crippen molar-refractivity contribution in [3.8, 4) is 22.4 Å².